The molecular formula is C17H17F2N3O2S. The second-order valence-corrected chi connectivity index (χ2v) is 7.15. The van der Waals surface area contributed by atoms with E-state index in [1.165, 1.54) is 23.9 Å². The Morgan fingerprint density at radius 1 is 1.24 bits per heavy atom. The van der Waals surface area contributed by atoms with Crippen LogP contribution < -0.4 is 10.1 Å². The van der Waals surface area contributed by atoms with Crippen LogP contribution in [0.1, 0.15) is 18.4 Å². The van der Waals surface area contributed by atoms with E-state index in [-0.39, 0.29) is 11.2 Å². The molecule has 0 bridgehead atoms. The molecule has 4 rings (SSSR count). The summed E-state index contributed by atoms with van der Waals surface area (Å²) in [7, 11) is 0. The lowest BCUT2D eigenvalue weighted by Gasteiger charge is -2.23. The fourth-order valence-corrected chi connectivity index (χ4v) is 3.94. The van der Waals surface area contributed by atoms with E-state index in [4.69, 9.17) is 9.47 Å². The van der Waals surface area contributed by atoms with Crippen molar-refractivity contribution in [2.24, 2.45) is 0 Å². The Bertz CT molecular complexity index is 772. The maximum atomic E-state index is 13.7. The van der Waals surface area contributed by atoms with E-state index in [1.54, 1.807) is 6.20 Å². The van der Waals surface area contributed by atoms with Crippen LogP contribution in [0.25, 0.3) is 0 Å². The highest BCUT2D eigenvalue weighted by Gasteiger charge is 2.27. The maximum absolute atomic E-state index is 13.7. The van der Waals surface area contributed by atoms with Gasteiger partial charge in [0, 0.05) is 43.5 Å². The summed E-state index contributed by atoms with van der Waals surface area (Å²) in [6.07, 6.45) is 4.22. The van der Waals surface area contributed by atoms with Gasteiger partial charge in [-0.05, 0) is 25.0 Å². The number of nitrogens with one attached hydrogen (secondary N) is 1. The Kier molecular flexibility index (Phi) is 4.72. The number of fused-ring (bicyclic) bond motifs is 1. The SMILES string of the molecule is Fc1ccc(OC2Cc3cnc(NC4CCOCC4)nc3S2)c(F)c1. The van der Waals surface area contributed by atoms with E-state index in [0.29, 0.717) is 18.4 Å². The summed E-state index contributed by atoms with van der Waals surface area (Å²) in [5.41, 5.74) is 0.664. The Hall–Kier alpha value is -1.93. The van der Waals surface area contributed by atoms with Crippen LogP contribution in [-0.4, -0.2) is 34.7 Å². The molecule has 1 unspecified atom stereocenters. The molecule has 0 spiro atoms. The van der Waals surface area contributed by atoms with Gasteiger partial charge in [0.05, 0.1) is 0 Å². The second-order valence-electron chi connectivity index (χ2n) is 6.00. The summed E-state index contributed by atoms with van der Waals surface area (Å²) in [5, 5.41) is 4.16. The summed E-state index contributed by atoms with van der Waals surface area (Å²) in [6, 6.07) is 3.62. The standard InChI is InChI=1S/C17H17F2N3O2S/c18-11-1-2-14(13(19)8-11)24-15-7-10-9-20-17(22-16(10)25-15)21-12-3-5-23-6-4-12/h1-2,8-9,12,15H,3-7H2,(H,20,21,22). The van der Waals surface area contributed by atoms with Crippen molar-refractivity contribution in [2.75, 3.05) is 18.5 Å². The van der Waals surface area contributed by atoms with Gasteiger partial charge in [-0.3, -0.25) is 0 Å². The zero-order valence-electron chi connectivity index (χ0n) is 13.4. The normalized spacial score (nSPS) is 20.3. The first-order chi connectivity index (χ1) is 12.2. The second kappa shape index (κ2) is 7.13. The molecular weight excluding hydrogens is 348 g/mol. The minimum absolute atomic E-state index is 0.0419. The third kappa shape index (κ3) is 3.85. The van der Waals surface area contributed by atoms with Gasteiger partial charge in [0.1, 0.15) is 10.8 Å². The maximum Gasteiger partial charge on any atom is 0.223 e. The molecule has 0 radical (unpaired) electrons. The fourth-order valence-electron chi connectivity index (χ4n) is 2.85. The van der Waals surface area contributed by atoms with E-state index in [9.17, 15) is 8.78 Å². The first kappa shape index (κ1) is 16.5. The number of aromatic nitrogens is 2. The molecule has 2 aliphatic heterocycles. The van der Waals surface area contributed by atoms with Crippen molar-refractivity contribution in [3.63, 3.8) is 0 Å². The lowest BCUT2D eigenvalue weighted by molar-refractivity contribution is 0.0903. The van der Waals surface area contributed by atoms with Crippen molar-refractivity contribution < 1.29 is 18.3 Å². The zero-order chi connectivity index (χ0) is 17.2. The van der Waals surface area contributed by atoms with Crippen molar-refractivity contribution in [1.29, 1.82) is 0 Å². The summed E-state index contributed by atoms with van der Waals surface area (Å²) < 4.78 is 37.7. The smallest absolute Gasteiger partial charge is 0.223 e. The van der Waals surface area contributed by atoms with Gasteiger partial charge < -0.3 is 14.8 Å². The van der Waals surface area contributed by atoms with Gasteiger partial charge in [-0.2, -0.15) is 0 Å². The Morgan fingerprint density at radius 3 is 2.88 bits per heavy atom. The number of nitrogens with zero attached hydrogens (tertiary/aromatic N) is 2. The van der Waals surface area contributed by atoms with Gasteiger partial charge in [0.15, 0.2) is 17.0 Å². The molecule has 1 aromatic heterocycles. The lowest BCUT2D eigenvalue weighted by Crippen LogP contribution is -2.28. The highest BCUT2D eigenvalue weighted by molar-refractivity contribution is 8.00. The van der Waals surface area contributed by atoms with E-state index >= 15 is 0 Å². The van der Waals surface area contributed by atoms with Crippen molar-refractivity contribution in [3.05, 3.63) is 41.6 Å². The Balaban J connectivity index is 1.41. The summed E-state index contributed by atoms with van der Waals surface area (Å²) in [4.78, 5) is 8.90. The van der Waals surface area contributed by atoms with Gasteiger partial charge in [-0.1, -0.05) is 11.8 Å². The molecule has 132 valence electrons. The molecule has 5 nitrogen and oxygen atoms in total. The first-order valence-corrected chi connectivity index (χ1v) is 9.04. The molecule has 3 heterocycles. The number of hydrogen-bond acceptors (Lipinski definition) is 6. The molecule has 0 saturated carbocycles. The number of hydrogen-bond donors (Lipinski definition) is 1. The average molecular weight is 365 g/mol. The Morgan fingerprint density at radius 2 is 2.08 bits per heavy atom. The largest absolute Gasteiger partial charge is 0.476 e. The third-order valence-electron chi connectivity index (χ3n) is 4.16. The van der Waals surface area contributed by atoms with Crippen LogP contribution in [0.3, 0.4) is 0 Å². The number of rotatable bonds is 4. The number of benzene rings is 1. The van der Waals surface area contributed by atoms with Crippen LogP contribution >= 0.6 is 11.8 Å². The average Bonchev–Trinajstić information content (AvgIpc) is 3.00. The van der Waals surface area contributed by atoms with Gasteiger partial charge in [0.2, 0.25) is 5.95 Å². The minimum Gasteiger partial charge on any atom is -0.476 e. The van der Waals surface area contributed by atoms with Gasteiger partial charge >= 0.3 is 0 Å². The van der Waals surface area contributed by atoms with Crippen LogP contribution in [0.5, 0.6) is 5.75 Å². The molecule has 25 heavy (non-hydrogen) atoms. The highest BCUT2D eigenvalue weighted by atomic mass is 32.2. The Labute approximate surface area is 148 Å². The predicted molar refractivity (Wildman–Crippen MR) is 89.8 cm³/mol. The molecule has 8 heteroatoms. The topological polar surface area (TPSA) is 56.3 Å². The molecule has 1 N–H and O–H groups in total. The van der Waals surface area contributed by atoms with Crippen LogP contribution in [0.2, 0.25) is 0 Å². The summed E-state index contributed by atoms with van der Waals surface area (Å²) in [5.74, 6) is -0.696. The van der Waals surface area contributed by atoms with E-state index in [2.05, 4.69) is 15.3 Å². The molecule has 0 aliphatic carbocycles. The number of ether oxygens (including phenoxy) is 2. The van der Waals surface area contributed by atoms with Crippen LogP contribution in [-0.2, 0) is 11.2 Å². The van der Waals surface area contributed by atoms with Crippen molar-refractivity contribution in [3.8, 4) is 5.75 Å². The number of halogens is 2. The summed E-state index contributed by atoms with van der Waals surface area (Å²) >= 11 is 1.42. The molecule has 2 aromatic rings. The van der Waals surface area contributed by atoms with Gasteiger partial charge in [0.25, 0.3) is 0 Å². The molecule has 1 aromatic carbocycles. The summed E-state index contributed by atoms with van der Waals surface area (Å²) in [6.45, 7) is 1.49. The van der Waals surface area contributed by atoms with Gasteiger partial charge in [-0.25, -0.2) is 18.7 Å². The molecule has 1 saturated heterocycles. The molecule has 0 amide bonds. The third-order valence-corrected chi connectivity index (χ3v) is 5.26. The van der Waals surface area contributed by atoms with E-state index < -0.39 is 11.6 Å². The fraction of sp³-hybridized carbons (Fsp3) is 0.412. The minimum atomic E-state index is -0.704. The van der Waals surface area contributed by atoms with Crippen LogP contribution in [0, 0.1) is 11.6 Å². The first-order valence-electron chi connectivity index (χ1n) is 8.16. The van der Waals surface area contributed by atoms with E-state index in [1.807, 2.05) is 0 Å². The van der Waals surface area contributed by atoms with Crippen molar-refractivity contribution in [2.45, 2.75) is 35.8 Å². The molecule has 1 fully saturated rings. The lowest BCUT2D eigenvalue weighted by atomic mass is 10.1. The predicted octanol–water partition coefficient (Wildman–Crippen LogP) is 3.40. The van der Waals surface area contributed by atoms with Crippen molar-refractivity contribution in [1.82, 2.24) is 9.97 Å². The zero-order valence-corrected chi connectivity index (χ0v) is 14.2. The molecule has 1 atom stereocenters. The monoisotopic (exact) mass is 365 g/mol. The highest BCUT2D eigenvalue weighted by Crippen LogP contribution is 2.37. The van der Waals surface area contributed by atoms with Crippen molar-refractivity contribution >= 4 is 17.7 Å². The van der Waals surface area contributed by atoms with Crippen LogP contribution in [0.4, 0.5) is 14.7 Å². The van der Waals surface area contributed by atoms with Gasteiger partial charge in [-0.15, -0.1) is 0 Å². The van der Waals surface area contributed by atoms with E-state index in [0.717, 1.165) is 42.7 Å². The van der Waals surface area contributed by atoms with Crippen LogP contribution in [0.15, 0.2) is 29.4 Å². The number of thioether (sulfide) groups is 1. The quantitative estimate of drug-likeness (QED) is 0.838. The molecule has 2 aliphatic rings. The number of anilines is 1.